The van der Waals surface area contributed by atoms with Gasteiger partial charge in [0.15, 0.2) is 0 Å². The van der Waals surface area contributed by atoms with Crippen LogP contribution >= 0.6 is 0 Å². The summed E-state index contributed by atoms with van der Waals surface area (Å²) in [4.78, 5) is 23.2. The van der Waals surface area contributed by atoms with Gasteiger partial charge in [0, 0.05) is 24.2 Å². The van der Waals surface area contributed by atoms with Crippen molar-refractivity contribution in [3.8, 4) is 0 Å². The number of ketones is 1. The molecule has 1 atom stereocenters. The minimum atomic E-state index is -2.98. The molecule has 21 heavy (non-hydrogen) atoms. The third-order valence-electron chi connectivity index (χ3n) is 3.10. The zero-order chi connectivity index (χ0) is 16.0. The van der Waals surface area contributed by atoms with Gasteiger partial charge >= 0.3 is 0 Å². The summed E-state index contributed by atoms with van der Waals surface area (Å²) in [7, 11) is 0. The number of benzene rings is 1. The van der Waals surface area contributed by atoms with E-state index in [-0.39, 0.29) is 24.2 Å². The second kappa shape index (κ2) is 7.24. The standard InChI is InChI=1S/C14H18F2N2O3/c1-3-14(15,16)10-5-4-6-11(7-10)18-13(20)12(8-17-21)9(2)19/h4-7,12,17,21H,3,8H2,1-2H3,(H,18,20). The van der Waals surface area contributed by atoms with E-state index >= 15 is 0 Å². The highest BCUT2D eigenvalue weighted by Gasteiger charge is 2.29. The van der Waals surface area contributed by atoms with Crippen molar-refractivity contribution in [2.75, 3.05) is 11.9 Å². The third kappa shape index (κ3) is 4.57. The monoisotopic (exact) mass is 300 g/mol. The van der Waals surface area contributed by atoms with Gasteiger partial charge in [0.25, 0.3) is 5.92 Å². The Morgan fingerprint density at radius 1 is 1.38 bits per heavy atom. The van der Waals surface area contributed by atoms with Crippen LogP contribution in [0.2, 0.25) is 0 Å². The number of hydroxylamine groups is 1. The lowest BCUT2D eigenvalue weighted by molar-refractivity contribution is -0.130. The number of hydrogen-bond acceptors (Lipinski definition) is 4. The number of Topliss-reactive ketones (excluding diaryl/α,β-unsaturated/α-hetero) is 1. The van der Waals surface area contributed by atoms with Crippen molar-refractivity contribution in [3.05, 3.63) is 29.8 Å². The second-order valence-corrected chi connectivity index (χ2v) is 4.65. The van der Waals surface area contributed by atoms with Gasteiger partial charge in [-0.2, -0.15) is 0 Å². The molecule has 3 N–H and O–H groups in total. The Balaban J connectivity index is 2.90. The van der Waals surface area contributed by atoms with E-state index in [2.05, 4.69) is 5.32 Å². The van der Waals surface area contributed by atoms with E-state index < -0.39 is 23.5 Å². The van der Waals surface area contributed by atoms with E-state index in [1.165, 1.54) is 38.1 Å². The maximum Gasteiger partial charge on any atom is 0.273 e. The lowest BCUT2D eigenvalue weighted by atomic mass is 10.0. The molecule has 0 radical (unpaired) electrons. The van der Waals surface area contributed by atoms with Gasteiger partial charge in [-0.3, -0.25) is 9.59 Å². The predicted octanol–water partition coefficient (Wildman–Crippen LogP) is 2.31. The fraction of sp³-hybridized carbons (Fsp3) is 0.429. The lowest BCUT2D eigenvalue weighted by Gasteiger charge is -2.17. The number of anilines is 1. The first kappa shape index (κ1) is 17.2. The molecule has 0 aliphatic carbocycles. The fourth-order valence-electron chi connectivity index (χ4n) is 1.77. The first-order valence-corrected chi connectivity index (χ1v) is 6.48. The number of rotatable bonds is 7. The summed E-state index contributed by atoms with van der Waals surface area (Å²) in [5.74, 6) is -5.18. The van der Waals surface area contributed by atoms with Crippen LogP contribution in [0.4, 0.5) is 14.5 Å². The number of nitrogens with one attached hydrogen (secondary N) is 2. The predicted molar refractivity (Wildman–Crippen MR) is 73.2 cm³/mol. The van der Waals surface area contributed by atoms with Gasteiger partial charge in [-0.1, -0.05) is 19.1 Å². The van der Waals surface area contributed by atoms with Crippen molar-refractivity contribution in [2.24, 2.45) is 5.92 Å². The highest BCUT2D eigenvalue weighted by molar-refractivity contribution is 6.06. The van der Waals surface area contributed by atoms with E-state index in [0.29, 0.717) is 0 Å². The number of alkyl halides is 2. The number of hydrogen-bond donors (Lipinski definition) is 3. The van der Waals surface area contributed by atoms with Crippen molar-refractivity contribution < 1.29 is 23.6 Å². The summed E-state index contributed by atoms with van der Waals surface area (Å²) < 4.78 is 27.2. The largest absolute Gasteiger partial charge is 0.325 e. The summed E-state index contributed by atoms with van der Waals surface area (Å²) in [6, 6.07) is 5.31. The quantitative estimate of drug-likeness (QED) is 0.533. The van der Waals surface area contributed by atoms with E-state index in [0.717, 1.165) is 0 Å². The molecule has 1 amide bonds. The lowest BCUT2D eigenvalue weighted by Crippen LogP contribution is -2.35. The molecule has 0 spiro atoms. The Labute approximate surface area is 121 Å². The van der Waals surface area contributed by atoms with E-state index in [9.17, 15) is 18.4 Å². The molecule has 0 aromatic heterocycles. The van der Waals surface area contributed by atoms with E-state index in [1.807, 2.05) is 0 Å². The van der Waals surface area contributed by atoms with Crippen LogP contribution in [0.1, 0.15) is 25.8 Å². The Kier molecular flexibility index (Phi) is 5.92. The summed E-state index contributed by atoms with van der Waals surface area (Å²) in [5, 5.41) is 11.0. The minimum absolute atomic E-state index is 0.176. The van der Waals surface area contributed by atoms with Crippen LogP contribution in [-0.2, 0) is 15.5 Å². The van der Waals surface area contributed by atoms with Gasteiger partial charge in [-0.05, 0) is 19.1 Å². The molecule has 0 aliphatic rings. The first-order valence-electron chi connectivity index (χ1n) is 6.48. The molecule has 0 heterocycles. The van der Waals surface area contributed by atoms with Gasteiger partial charge < -0.3 is 10.5 Å². The van der Waals surface area contributed by atoms with Crippen LogP contribution in [-0.4, -0.2) is 23.4 Å². The molecule has 7 heteroatoms. The van der Waals surface area contributed by atoms with Gasteiger partial charge in [0.05, 0.1) is 0 Å². The molecule has 0 saturated heterocycles. The summed E-state index contributed by atoms with van der Waals surface area (Å²) >= 11 is 0. The SMILES string of the molecule is CCC(F)(F)c1cccc(NC(=O)C(CNO)C(C)=O)c1. The van der Waals surface area contributed by atoms with Crippen LogP contribution in [0.3, 0.4) is 0 Å². The zero-order valence-corrected chi connectivity index (χ0v) is 11.8. The number of carbonyl (C=O) groups excluding carboxylic acids is 2. The van der Waals surface area contributed by atoms with Crippen molar-refractivity contribution >= 4 is 17.4 Å². The van der Waals surface area contributed by atoms with Crippen LogP contribution < -0.4 is 10.8 Å². The minimum Gasteiger partial charge on any atom is -0.325 e. The van der Waals surface area contributed by atoms with Crippen LogP contribution in [0.25, 0.3) is 0 Å². The highest BCUT2D eigenvalue weighted by Crippen LogP contribution is 2.32. The molecule has 0 fully saturated rings. The van der Waals surface area contributed by atoms with Gasteiger partial charge in [-0.25, -0.2) is 14.3 Å². The fourth-order valence-corrected chi connectivity index (χ4v) is 1.77. The van der Waals surface area contributed by atoms with Gasteiger partial charge in [0.2, 0.25) is 5.91 Å². The zero-order valence-electron chi connectivity index (χ0n) is 11.8. The van der Waals surface area contributed by atoms with Crippen molar-refractivity contribution in [3.63, 3.8) is 0 Å². The van der Waals surface area contributed by atoms with Gasteiger partial charge in [0.1, 0.15) is 11.7 Å². The molecule has 0 aliphatic heterocycles. The van der Waals surface area contributed by atoms with E-state index in [1.54, 1.807) is 5.48 Å². The molecule has 1 unspecified atom stereocenters. The molecule has 0 bridgehead atoms. The molecule has 1 aromatic carbocycles. The molecule has 0 saturated carbocycles. The van der Waals surface area contributed by atoms with E-state index in [4.69, 9.17) is 5.21 Å². The average molecular weight is 300 g/mol. The van der Waals surface area contributed by atoms with Crippen molar-refractivity contribution in [1.82, 2.24) is 5.48 Å². The Morgan fingerprint density at radius 3 is 2.57 bits per heavy atom. The highest BCUT2D eigenvalue weighted by atomic mass is 19.3. The molecule has 116 valence electrons. The second-order valence-electron chi connectivity index (χ2n) is 4.65. The number of halogens is 2. The van der Waals surface area contributed by atoms with Crippen LogP contribution in [0, 0.1) is 5.92 Å². The molecule has 1 aromatic rings. The molecular formula is C14H18F2N2O3. The third-order valence-corrected chi connectivity index (χ3v) is 3.10. The molecule has 5 nitrogen and oxygen atoms in total. The summed E-state index contributed by atoms with van der Waals surface area (Å²) in [5.41, 5.74) is 1.73. The van der Waals surface area contributed by atoms with Crippen molar-refractivity contribution in [1.29, 1.82) is 0 Å². The average Bonchev–Trinajstić information content (AvgIpc) is 2.44. The van der Waals surface area contributed by atoms with Gasteiger partial charge in [-0.15, -0.1) is 0 Å². The normalized spacial score (nSPS) is 12.8. The van der Waals surface area contributed by atoms with Crippen LogP contribution in [0.5, 0.6) is 0 Å². The summed E-state index contributed by atoms with van der Waals surface area (Å²) in [6.45, 7) is 2.33. The number of carbonyl (C=O) groups is 2. The topological polar surface area (TPSA) is 78.4 Å². The van der Waals surface area contributed by atoms with Crippen molar-refractivity contribution in [2.45, 2.75) is 26.2 Å². The van der Waals surface area contributed by atoms with Crippen LogP contribution in [0.15, 0.2) is 24.3 Å². The molecule has 1 rings (SSSR count). The molecular weight excluding hydrogens is 282 g/mol. The number of amides is 1. The Morgan fingerprint density at radius 2 is 2.05 bits per heavy atom. The maximum atomic E-state index is 13.6. The maximum absolute atomic E-state index is 13.6. The Bertz CT molecular complexity index is 521. The Hall–Kier alpha value is -1.86. The first-order chi connectivity index (χ1) is 9.81. The summed E-state index contributed by atoms with van der Waals surface area (Å²) in [6.07, 6.45) is -0.352. The smallest absolute Gasteiger partial charge is 0.273 e.